The highest BCUT2D eigenvalue weighted by Gasteiger charge is 2.21. The van der Waals surface area contributed by atoms with Crippen molar-refractivity contribution >= 4 is 9.84 Å². The molecule has 0 bridgehead atoms. The first kappa shape index (κ1) is 13.9. The van der Waals surface area contributed by atoms with E-state index in [1.54, 1.807) is 6.92 Å². The molecular weight excluding hydrogens is 226 g/mol. The van der Waals surface area contributed by atoms with E-state index in [2.05, 4.69) is 5.32 Å². The summed E-state index contributed by atoms with van der Waals surface area (Å²) in [6, 6.07) is 0. The Labute approximate surface area is 98.4 Å². The van der Waals surface area contributed by atoms with Crippen LogP contribution in [0.1, 0.15) is 32.6 Å². The molecule has 4 nitrogen and oxygen atoms in total. The molecule has 1 aliphatic rings. The van der Waals surface area contributed by atoms with Crippen LogP contribution in [0.15, 0.2) is 0 Å². The summed E-state index contributed by atoms with van der Waals surface area (Å²) in [7, 11) is -2.81. The van der Waals surface area contributed by atoms with Crippen LogP contribution in [0.2, 0.25) is 0 Å². The van der Waals surface area contributed by atoms with Crippen molar-refractivity contribution in [3.8, 4) is 0 Å². The largest absolute Gasteiger partial charge is 0.393 e. The van der Waals surface area contributed by atoms with Gasteiger partial charge in [-0.25, -0.2) is 8.42 Å². The lowest BCUT2D eigenvalue weighted by Gasteiger charge is -2.10. The van der Waals surface area contributed by atoms with E-state index < -0.39 is 9.84 Å². The van der Waals surface area contributed by atoms with Gasteiger partial charge in [0.2, 0.25) is 0 Å². The van der Waals surface area contributed by atoms with E-state index in [-0.39, 0.29) is 17.6 Å². The van der Waals surface area contributed by atoms with Gasteiger partial charge in [0, 0.05) is 5.75 Å². The van der Waals surface area contributed by atoms with Gasteiger partial charge < -0.3 is 10.4 Å². The molecule has 1 saturated carbocycles. The van der Waals surface area contributed by atoms with Crippen LogP contribution < -0.4 is 5.32 Å². The normalized spacial score (nSPS) is 26.1. The van der Waals surface area contributed by atoms with Crippen LogP contribution in [0.5, 0.6) is 0 Å². The van der Waals surface area contributed by atoms with Crippen molar-refractivity contribution < 1.29 is 13.5 Å². The SMILES string of the molecule is CCS(=O)(=O)CCCNCC1CCC(O)C1. The van der Waals surface area contributed by atoms with Gasteiger partial charge in [-0.05, 0) is 44.7 Å². The second-order valence-corrected chi connectivity index (χ2v) is 7.10. The highest BCUT2D eigenvalue weighted by atomic mass is 32.2. The van der Waals surface area contributed by atoms with Gasteiger partial charge in [0.05, 0.1) is 11.9 Å². The Balaban J connectivity index is 2.00. The molecule has 0 radical (unpaired) electrons. The third-order valence-electron chi connectivity index (χ3n) is 3.20. The third-order valence-corrected chi connectivity index (χ3v) is 4.99. The lowest BCUT2D eigenvalue weighted by molar-refractivity contribution is 0.177. The van der Waals surface area contributed by atoms with Crippen LogP contribution in [-0.2, 0) is 9.84 Å². The van der Waals surface area contributed by atoms with E-state index in [4.69, 9.17) is 0 Å². The van der Waals surface area contributed by atoms with Gasteiger partial charge >= 0.3 is 0 Å². The van der Waals surface area contributed by atoms with Gasteiger partial charge in [0.1, 0.15) is 9.84 Å². The average Bonchev–Trinajstić information content (AvgIpc) is 2.64. The molecule has 2 N–H and O–H groups in total. The molecule has 2 unspecified atom stereocenters. The maximum atomic E-state index is 11.2. The van der Waals surface area contributed by atoms with Crippen LogP contribution in [0.25, 0.3) is 0 Å². The fourth-order valence-electron chi connectivity index (χ4n) is 2.10. The van der Waals surface area contributed by atoms with Gasteiger partial charge in [-0.15, -0.1) is 0 Å². The van der Waals surface area contributed by atoms with E-state index in [0.29, 0.717) is 12.3 Å². The Morgan fingerprint density at radius 1 is 1.38 bits per heavy atom. The Bertz CT molecular complexity index is 290. The van der Waals surface area contributed by atoms with Crippen molar-refractivity contribution in [3.63, 3.8) is 0 Å². The third kappa shape index (κ3) is 5.27. The first-order valence-electron chi connectivity index (χ1n) is 6.12. The van der Waals surface area contributed by atoms with E-state index in [9.17, 15) is 13.5 Å². The summed E-state index contributed by atoms with van der Waals surface area (Å²) in [6.45, 7) is 3.34. The van der Waals surface area contributed by atoms with Crippen LogP contribution in [-0.4, -0.2) is 44.2 Å². The predicted molar refractivity (Wildman–Crippen MR) is 65.2 cm³/mol. The summed E-state index contributed by atoms with van der Waals surface area (Å²) in [5.41, 5.74) is 0. The Kier molecular flexibility index (Phi) is 5.72. The average molecular weight is 249 g/mol. The number of hydrogen-bond donors (Lipinski definition) is 2. The van der Waals surface area contributed by atoms with Gasteiger partial charge in [0.25, 0.3) is 0 Å². The molecule has 0 aliphatic heterocycles. The quantitative estimate of drug-likeness (QED) is 0.647. The maximum absolute atomic E-state index is 11.2. The zero-order chi connectivity index (χ0) is 12.0. The monoisotopic (exact) mass is 249 g/mol. The molecule has 5 heteroatoms. The lowest BCUT2D eigenvalue weighted by Crippen LogP contribution is -2.24. The number of aliphatic hydroxyl groups is 1. The molecule has 1 rings (SSSR count). The molecule has 0 aromatic rings. The molecule has 96 valence electrons. The van der Waals surface area contributed by atoms with Crippen LogP contribution in [0.3, 0.4) is 0 Å². The summed E-state index contributed by atoms with van der Waals surface area (Å²) >= 11 is 0. The minimum absolute atomic E-state index is 0.118. The summed E-state index contributed by atoms with van der Waals surface area (Å²) in [5, 5.41) is 12.6. The maximum Gasteiger partial charge on any atom is 0.150 e. The molecule has 16 heavy (non-hydrogen) atoms. The van der Waals surface area contributed by atoms with E-state index in [1.807, 2.05) is 0 Å². The molecule has 0 saturated heterocycles. The highest BCUT2D eigenvalue weighted by Crippen LogP contribution is 2.24. The standard InChI is InChI=1S/C11H23NO3S/c1-2-16(14,15)7-3-6-12-9-10-4-5-11(13)8-10/h10-13H,2-9H2,1H3. The van der Waals surface area contributed by atoms with E-state index >= 15 is 0 Å². The van der Waals surface area contributed by atoms with Gasteiger partial charge in [-0.3, -0.25) is 0 Å². The Morgan fingerprint density at radius 3 is 2.69 bits per heavy atom. The van der Waals surface area contributed by atoms with Gasteiger partial charge in [-0.1, -0.05) is 6.92 Å². The number of nitrogens with one attached hydrogen (secondary N) is 1. The molecule has 0 aromatic carbocycles. The van der Waals surface area contributed by atoms with Crippen molar-refractivity contribution in [1.82, 2.24) is 5.32 Å². The number of aliphatic hydroxyl groups excluding tert-OH is 1. The molecule has 1 fully saturated rings. The molecule has 0 amide bonds. The number of hydrogen-bond acceptors (Lipinski definition) is 4. The minimum atomic E-state index is -2.81. The molecule has 0 aromatic heterocycles. The molecule has 0 spiro atoms. The van der Waals surface area contributed by atoms with Crippen LogP contribution >= 0.6 is 0 Å². The Hall–Kier alpha value is -0.130. The van der Waals surface area contributed by atoms with Crippen molar-refractivity contribution in [2.24, 2.45) is 5.92 Å². The smallest absolute Gasteiger partial charge is 0.150 e. The van der Waals surface area contributed by atoms with Gasteiger partial charge in [-0.2, -0.15) is 0 Å². The first-order chi connectivity index (χ1) is 7.53. The van der Waals surface area contributed by atoms with E-state index in [1.165, 1.54) is 0 Å². The van der Waals surface area contributed by atoms with E-state index in [0.717, 1.165) is 32.4 Å². The second-order valence-electron chi connectivity index (χ2n) is 4.63. The molecule has 2 atom stereocenters. The topological polar surface area (TPSA) is 66.4 Å². The van der Waals surface area contributed by atoms with Gasteiger partial charge in [0.15, 0.2) is 0 Å². The number of sulfone groups is 1. The molecular formula is C11H23NO3S. The lowest BCUT2D eigenvalue weighted by atomic mass is 10.1. The van der Waals surface area contributed by atoms with Crippen molar-refractivity contribution in [2.45, 2.75) is 38.7 Å². The first-order valence-corrected chi connectivity index (χ1v) is 7.95. The fourth-order valence-corrected chi connectivity index (χ4v) is 2.97. The van der Waals surface area contributed by atoms with Crippen LogP contribution in [0.4, 0.5) is 0 Å². The molecule has 0 heterocycles. The van der Waals surface area contributed by atoms with Crippen molar-refractivity contribution in [3.05, 3.63) is 0 Å². The second kappa shape index (κ2) is 6.57. The molecule has 1 aliphatic carbocycles. The van der Waals surface area contributed by atoms with Crippen molar-refractivity contribution in [1.29, 1.82) is 0 Å². The van der Waals surface area contributed by atoms with Crippen molar-refractivity contribution in [2.75, 3.05) is 24.6 Å². The minimum Gasteiger partial charge on any atom is -0.393 e. The summed E-state index contributed by atoms with van der Waals surface area (Å²) in [4.78, 5) is 0. The fraction of sp³-hybridized carbons (Fsp3) is 1.00. The zero-order valence-corrected chi connectivity index (χ0v) is 10.8. The van der Waals surface area contributed by atoms with Crippen LogP contribution in [0, 0.1) is 5.92 Å². The zero-order valence-electron chi connectivity index (χ0n) is 9.98. The summed E-state index contributed by atoms with van der Waals surface area (Å²) in [5.74, 6) is 1.09. The number of rotatable bonds is 7. The summed E-state index contributed by atoms with van der Waals surface area (Å²) in [6.07, 6.45) is 3.45. The summed E-state index contributed by atoms with van der Waals surface area (Å²) < 4.78 is 22.4. The Morgan fingerprint density at radius 2 is 2.12 bits per heavy atom. The highest BCUT2D eigenvalue weighted by molar-refractivity contribution is 7.91. The predicted octanol–water partition coefficient (Wildman–Crippen LogP) is 0.562.